The average Bonchev–Trinajstić information content (AvgIpc) is 2.90. The summed E-state index contributed by atoms with van der Waals surface area (Å²) in [6.07, 6.45) is 3.11. The zero-order chi connectivity index (χ0) is 11.8. The van der Waals surface area contributed by atoms with Gasteiger partial charge in [0, 0.05) is 26.2 Å². The van der Waals surface area contributed by atoms with Crippen LogP contribution in [0.5, 0.6) is 0 Å². The van der Waals surface area contributed by atoms with E-state index < -0.39 is 5.97 Å². The smallest absolute Gasteiger partial charge is 0.346 e. The molecule has 4 nitrogen and oxygen atoms in total. The first-order chi connectivity index (χ1) is 8.27. The molecule has 1 fully saturated rings. The molecule has 0 saturated carbocycles. The molecule has 0 unspecified atom stereocenters. The number of nitrogens with zero attached hydrogens (tertiary/aromatic N) is 1. The Hall–Kier alpha value is -1.07. The molecular weight excluding hydrogens is 236 g/mol. The molecule has 3 rings (SSSR count). The largest absolute Gasteiger partial charge is 0.477 e. The summed E-state index contributed by atoms with van der Waals surface area (Å²) in [5.74, 6) is -0.755. The van der Waals surface area contributed by atoms with Crippen LogP contribution in [0.3, 0.4) is 0 Å². The number of hydrogen-bond donors (Lipinski definition) is 2. The van der Waals surface area contributed by atoms with Gasteiger partial charge in [0.15, 0.2) is 0 Å². The normalized spacial score (nSPS) is 19.4. The highest BCUT2D eigenvalue weighted by Crippen LogP contribution is 2.41. The Morgan fingerprint density at radius 1 is 1.24 bits per heavy atom. The molecule has 0 atom stereocenters. The number of thiophene rings is 1. The van der Waals surface area contributed by atoms with E-state index in [2.05, 4.69) is 10.2 Å². The standard InChI is InChI=1S/C12H16N2O2S/c15-12(16)10-8-2-1-3-9(8)11(17-10)14-6-4-13-5-7-14/h13H,1-7H2,(H,15,16). The van der Waals surface area contributed by atoms with Gasteiger partial charge in [0.1, 0.15) is 4.88 Å². The van der Waals surface area contributed by atoms with E-state index in [0.29, 0.717) is 4.88 Å². The van der Waals surface area contributed by atoms with Gasteiger partial charge < -0.3 is 15.3 Å². The van der Waals surface area contributed by atoms with Crippen molar-refractivity contribution in [3.63, 3.8) is 0 Å². The highest BCUT2D eigenvalue weighted by Gasteiger charge is 2.28. The number of carboxylic acid groups (broad SMARTS) is 1. The van der Waals surface area contributed by atoms with Crippen LogP contribution in [0.2, 0.25) is 0 Å². The highest BCUT2D eigenvalue weighted by molar-refractivity contribution is 7.18. The topological polar surface area (TPSA) is 52.6 Å². The SMILES string of the molecule is O=C(O)c1sc(N2CCNCC2)c2c1CCC2. The van der Waals surface area contributed by atoms with Crippen molar-refractivity contribution in [2.24, 2.45) is 0 Å². The zero-order valence-electron chi connectivity index (χ0n) is 9.66. The second-order valence-electron chi connectivity index (χ2n) is 4.59. The Labute approximate surface area is 104 Å². The molecule has 2 heterocycles. The number of piperazine rings is 1. The quantitative estimate of drug-likeness (QED) is 0.834. The number of aromatic carboxylic acids is 1. The van der Waals surface area contributed by atoms with Crippen molar-refractivity contribution < 1.29 is 9.90 Å². The summed E-state index contributed by atoms with van der Waals surface area (Å²) in [5, 5.41) is 13.8. The van der Waals surface area contributed by atoms with Crippen LogP contribution in [-0.4, -0.2) is 37.3 Å². The summed E-state index contributed by atoms with van der Waals surface area (Å²) < 4.78 is 0. The number of fused-ring (bicyclic) bond motifs is 1. The molecule has 2 aliphatic rings. The van der Waals surface area contributed by atoms with E-state index in [9.17, 15) is 9.90 Å². The number of hydrogen-bond acceptors (Lipinski definition) is 4. The van der Waals surface area contributed by atoms with Gasteiger partial charge in [-0.15, -0.1) is 11.3 Å². The Morgan fingerprint density at radius 2 is 1.94 bits per heavy atom. The molecule has 1 aliphatic heterocycles. The maximum Gasteiger partial charge on any atom is 0.346 e. The summed E-state index contributed by atoms with van der Waals surface area (Å²) in [6, 6.07) is 0. The number of carboxylic acids is 1. The summed E-state index contributed by atoms with van der Waals surface area (Å²) in [4.78, 5) is 14.2. The van der Waals surface area contributed by atoms with Gasteiger partial charge in [-0.3, -0.25) is 0 Å². The monoisotopic (exact) mass is 252 g/mol. The molecule has 0 amide bonds. The second-order valence-corrected chi connectivity index (χ2v) is 5.59. The lowest BCUT2D eigenvalue weighted by Crippen LogP contribution is -2.43. The van der Waals surface area contributed by atoms with Crippen LogP contribution in [0.4, 0.5) is 5.00 Å². The first-order valence-corrected chi connectivity index (χ1v) is 6.92. The summed E-state index contributed by atoms with van der Waals surface area (Å²) in [6.45, 7) is 3.97. The molecule has 0 aromatic carbocycles. The first kappa shape index (κ1) is 11.0. The van der Waals surface area contributed by atoms with Crippen LogP contribution in [0.15, 0.2) is 0 Å². The predicted molar refractivity (Wildman–Crippen MR) is 68.4 cm³/mol. The molecule has 1 aromatic rings. The van der Waals surface area contributed by atoms with E-state index in [0.717, 1.165) is 51.0 Å². The number of rotatable bonds is 2. The van der Waals surface area contributed by atoms with Crippen molar-refractivity contribution in [3.8, 4) is 0 Å². The van der Waals surface area contributed by atoms with Gasteiger partial charge >= 0.3 is 5.97 Å². The molecule has 0 radical (unpaired) electrons. The molecule has 0 spiro atoms. The third kappa shape index (κ3) is 1.83. The van der Waals surface area contributed by atoms with E-state index in [1.165, 1.54) is 21.9 Å². The van der Waals surface area contributed by atoms with Crippen LogP contribution >= 0.6 is 11.3 Å². The van der Waals surface area contributed by atoms with E-state index >= 15 is 0 Å². The predicted octanol–water partition coefficient (Wildman–Crippen LogP) is 1.34. The minimum atomic E-state index is -0.755. The number of anilines is 1. The van der Waals surface area contributed by atoms with Gasteiger partial charge in [-0.25, -0.2) is 4.79 Å². The van der Waals surface area contributed by atoms with Gasteiger partial charge in [0.25, 0.3) is 0 Å². The van der Waals surface area contributed by atoms with Gasteiger partial charge in [0.05, 0.1) is 5.00 Å². The maximum absolute atomic E-state index is 11.2. The van der Waals surface area contributed by atoms with Crippen LogP contribution in [0.1, 0.15) is 27.2 Å². The Kier molecular flexibility index (Phi) is 2.80. The third-order valence-electron chi connectivity index (χ3n) is 3.55. The number of carbonyl (C=O) groups is 1. The van der Waals surface area contributed by atoms with Gasteiger partial charge in [-0.2, -0.15) is 0 Å². The molecular formula is C12H16N2O2S. The Bertz CT molecular complexity index is 450. The fraction of sp³-hybridized carbons (Fsp3) is 0.583. The minimum Gasteiger partial charge on any atom is -0.477 e. The molecule has 0 bridgehead atoms. The van der Waals surface area contributed by atoms with E-state index in [1.54, 1.807) is 0 Å². The molecule has 1 aliphatic carbocycles. The lowest BCUT2D eigenvalue weighted by atomic mass is 10.1. The van der Waals surface area contributed by atoms with Crippen molar-refractivity contribution in [2.45, 2.75) is 19.3 Å². The molecule has 1 aromatic heterocycles. The molecule has 92 valence electrons. The Morgan fingerprint density at radius 3 is 2.65 bits per heavy atom. The molecule has 17 heavy (non-hydrogen) atoms. The first-order valence-electron chi connectivity index (χ1n) is 6.11. The van der Waals surface area contributed by atoms with Crippen molar-refractivity contribution in [2.75, 3.05) is 31.1 Å². The van der Waals surface area contributed by atoms with Crippen molar-refractivity contribution >= 4 is 22.3 Å². The second kappa shape index (κ2) is 4.31. The van der Waals surface area contributed by atoms with Gasteiger partial charge in [0.2, 0.25) is 0 Å². The van der Waals surface area contributed by atoms with Crippen molar-refractivity contribution in [3.05, 3.63) is 16.0 Å². The Balaban J connectivity index is 1.99. The van der Waals surface area contributed by atoms with Gasteiger partial charge in [-0.05, 0) is 30.4 Å². The lowest BCUT2D eigenvalue weighted by molar-refractivity contribution is 0.0701. The lowest BCUT2D eigenvalue weighted by Gasteiger charge is -2.29. The van der Waals surface area contributed by atoms with Crippen LogP contribution in [0.25, 0.3) is 0 Å². The fourth-order valence-electron chi connectivity index (χ4n) is 2.75. The third-order valence-corrected chi connectivity index (χ3v) is 4.87. The van der Waals surface area contributed by atoms with Crippen LogP contribution < -0.4 is 10.2 Å². The van der Waals surface area contributed by atoms with Crippen molar-refractivity contribution in [1.29, 1.82) is 0 Å². The van der Waals surface area contributed by atoms with E-state index in [4.69, 9.17) is 0 Å². The zero-order valence-corrected chi connectivity index (χ0v) is 10.5. The van der Waals surface area contributed by atoms with Crippen molar-refractivity contribution in [1.82, 2.24) is 5.32 Å². The number of nitrogens with one attached hydrogen (secondary N) is 1. The van der Waals surface area contributed by atoms with E-state index in [1.807, 2.05) is 0 Å². The van der Waals surface area contributed by atoms with Crippen LogP contribution in [0, 0.1) is 0 Å². The summed E-state index contributed by atoms with van der Waals surface area (Å²) in [7, 11) is 0. The minimum absolute atomic E-state index is 0.575. The summed E-state index contributed by atoms with van der Waals surface area (Å²) >= 11 is 1.48. The van der Waals surface area contributed by atoms with Gasteiger partial charge in [-0.1, -0.05) is 0 Å². The molecule has 2 N–H and O–H groups in total. The maximum atomic E-state index is 11.2. The molecule has 1 saturated heterocycles. The van der Waals surface area contributed by atoms with Crippen LogP contribution in [-0.2, 0) is 12.8 Å². The fourth-order valence-corrected chi connectivity index (χ4v) is 4.04. The average molecular weight is 252 g/mol. The highest BCUT2D eigenvalue weighted by atomic mass is 32.1. The molecule has 5 heteroatoms. The summed E-state index contributed by atoms with van der Waals surface area (Å²) in [5.41, 5.74) is 2.42. The van der Waals surface area contributed by atoms with E-state index in [-0.39, 0.29) is 0 Å².